The molecule has 122 valence electrons. The fourth-order valence-electron chi connectivity index (χ4n) is 4.35. The van der Waals surface area contributed by atoms with Crippen LogP contribution in [0.25, 0.3) is 0 Å². The van der Waals surface area contributed by atoms with Crippen LogP contribution < -0.4 is 0 Å². The average Bonchev–Trinajstić information content (AvgIpc) is 3.17. The molecule has 2 aliphatic rings. The molecule has 0 spiro atoms. The number of hydrogen-bond acceptors (Lipinski definition) is 3. The van der Waals surface area contributed by atoms with Gasteiger partial charge in [0.2, 0.25) is 0 Å². The molecule has 1 N–H and O–H groups in total. The van der Waals surface area contributed by atoms with Crippen molar-refractivity contribution in [1.29, 1.82) is 0 Å². The second-order valence-electron chi connectivity index (χ2n) is 7.29. The minimum Gasteiger partial charge on any atom is -0.391 e. The van der Waals surface area contributed by atoms with Gasteiger partial charge in [-0.25, -0.2) is 0 Å². The molecule has 4 atom stereocenters. The van der Waals surface area contributed by atoms with Crippen LogP contribution in [-0.4, -0.2) is 39.0 Å². The van der Waals surface area contributed by atoms with E-state index in [1.54, 1.807) is 6.20 Å². The van der Waals surface area contributed by atoms with E-state index in [2.05, 4.69) is 41.2 Å². The van der Waals surface area contributed by atoms with Crippen molar-refractivity contribution in [2.24, 2.45) is 11.8 Å². The number of aliphatic hydroxyl groups excluding tert-OH is 1. The molecule has 1 saturated carbocycles. The van der Waals surface area contributed by atoms with Gasteiger partial charge in [0, 0.05) is 32.0 Å². The first-order valence-corrected chi connectivity index (χ1v) is 8.64. The molecule has 1 aliphatic heterocycles. The Bertz CT molecular complexity index is 637. The number of likely N-dealkylation sites (tertiary alicyclic amines) is 1. The SMILES string of the molecule is Cc1ccc(CN2C[C@H]3C[C@H](O)[C@@H](n4cccn4)C[C@H]3C2)cc1. The molecule has 0 bridgehead atoms. The van der Waals surface area contributed by atoms with Crippen molar-refractivity contribution in [2.45, 2.75) is 38.5 Å². The van der Waals surface area contributed by atoms with Gasteiger partial charge in [-0.2, -0.15) is 5.10 Å². The second-order valence-corrected chi connectivity index (χ2v) is 7.29. The van der Waals surface area contributed by atoms with Crippen molar-refractivity contribution in [1.82, 2.24) is 14.7 Å². The van der Waals surface area contributed by atoms with Gasteiger partial charge in [-0.1, -0.05) is 29.8 Å². The lowest BCUT2D eigenvalue weighted by Crippen LogP contribution is -2.36. The molecule has 4 rings (SSSR count). The maximum absolute atomic E-state index is 10.5. The van der Waals surface area contributed by atoms with Crippen LogP contribution >= 0.6 is 0 Å². The first-order chi connectivity index (χ1) is 11.2. The van der Waals surface area contributed by atoms with Gasteiger partial charge < -0.3 is 5.11 Å². The second kappa shape index (κ2) is 6.10. The molecule has 2 aromatic rings. The first kappa shape index (κ1) is 14.9. The number of benzene rings is 1. The molecule has 2 heterocycles. The zero-order valence-corrected chi connectivity index (χ0v) is 13.7. The van der Waals surface area contributed by atoms with Crippen molar-refractivity contribution in [3.8, 4) is 0 Å². The van der Waals surface area contributed by atoms with E-state index >= 15 is 0 Å². The Hall–Kier alpha value is -1.65. The minimum absolute atomic E-state index is 0.144. The highest BCUT2D eigenvalue weighted by molar-refractivity contribution is 5.21. The smallest absolute Gasteiger partial charge is 0.0781 e. The van der Waals surface area contributed by atoms with E-state index in [1.165, 1.54) is 11.1 Å². The van der Waals surface area contributed by atoms with Crippen LogP contribution in [0.3, 0.4) is 0 Å². The van der Waals surface area contributed by atoms with E-state index < -0.39 is 0 Å². The van der Waals surface area contributed by atoms with Crippen LogP contribution in [0, 0.1) is 18.8 Å². The standard InChI is InChI=1S/C19H25N3O/c1-14-3-5-15(6-4-14)11-21-12-16-9-18(22-8-2-7-20-22)19(23)10-17(16)13-21/h2-8,16-19,23H,9-13H2,1H3/t16-,17+,18-,19-/m0/s1. The van der Waals surface area contributed by atoms with Crippen molar-refractivity contribution >= 4 is 0 Å². The summed E-state index contributed by atoms with van der Waals surface area (Å²) in [4.78, 5) is 2.55. The zero-order chi connectivity index (χ0) is 15.8. The Morgan fingerprint density at radius 2 is 1.87 bits per heavy atom. The van der Waals surface area contributed by atoms with Gasteiger partial charge in [-0.05, 0) is 43.2 Å². The Morgan fingerprint density at radius 3 is 2.57 bits per heavy atom. The van der Waals surface area contributed by atoms with Crippen LogP contribution in [0.5, 0.6) is 0 Å². The summed E-state index contributed by atoms with van der Waals surface area (Å²) in [5, 5.41) is 14.9. The zero-order valence-electron chi connectivity index (χ0n) is 13.7. The van der Waals surface area contributed by atoms with Crippen LogP contribution in [0.4, 0.5) is 0 Å². The van der Waals surface area contributed by atoms with Crippen molar-refractivity contribution in [2.75, 3.05) is 13.1 Å². The molecule has 23 heavy (non-hydrogen) atoms. The van der Waals surface area contributed by atoms with Gasteiger partial charge in [0.25, 0.3) is 0 Å². The molecular formula is C19H25N3O. The molecule has 1 saturated heterocycles. The Kier molecular flexibility index (Phi) is 3.95. The first-order valence-electron chi connectivity index (χ1n) is 8.64. The minimum atomic E-state index is -0.268. The van der Waals surface area contributed by atoms with E-state index in [1.807, 2.05) is 16.9 Å². The molecule has 1 aliphatic carbocycles. The maximum Gasteiger partial charge on any atom is 0.0781 e. The number of aromatic nitrogens is 2. The summed E-state index contributed by atoms with van der Waals surface area (Å²) >= 11 is 0. The van der Waals surface area contributed by atoms with E-state index in [9.17, 15) is 5.11 Å². The summed E-state index contributed by atoms with van der Waals surface area (Å²) in [6.45, 7) is 5.41. The molecule has 4 nitrogen and oxygen atoms in total. The van der Waals surface area contributed by atoms with Crippen LogP contribution in [0.1, 0.15) is 30.0 Å². The fraction of sp³-hybridized carbons (Fsp3) is 0.526. The van der Waals surface area contributed by atoms with Gasteiger partial charge >= 0.3 is 0 Å². The Morgan fingerprint density at radius 1 is 1.13 bits per heavy atom. The lowest BCUT2D eigenvalue weighted by atomic mass is 9.77. The molecule has 1 aromatic heterocycles. The van der Waals surface area contributed by atoms with Crippen LogP contribution in [0.15, 0.2) is 42.7 Å². The summed E-state index contributed by atoms with van der Waals surface area (Å²) in [5.74, 6) is 1.31. The summed E-state index contributed by atoms with van der Waals surface area (Å²) in [6.07, 6.45) is 5.46. The molecule has 1 aromatic carbocycles. The monoisotopic (exact) mass is 311 g/mol. The van der Waals surface area contributed by atoms with Gasteiger partial charge in [-0.3, -0.25) is 9.58 Å². The van der Waals surface area contributed by atoms with E-state index in [0.29, 0.717) is 11.8 Å². The maximum atomic E-state index is 10.5. The van der Waals surface area contributed by atoms with Gasteiger partial charge in [-0.15, -0.1) is 0 Å². The highest BCUT2D eigenvalue weighted by Crippen LogP contribution is 2.41. The van der Waals surface area contributed by atoms with E-state index in [0.717, 1.165) is 32.5 Å². The summed E-state index contributed by atoms with van der Waals surface area (Å²) in [6, 6.07) is 10.9. The molecule has 4 heteroatoms. The number of rotatable bonds is 3. The Labute approximate surface area is 137 Å². The number of aliphatic hydroxyl groups is 1. The number of nitrogens with zero attached hydrogens (tertiary/aromatic N) is 3. The molecule has 2 fully saturated rings. The third kappa shape index (κ3) is 3.06. The number of aryl methyl sites for hydroxylation is 1. The van der Waals surface area contributed by atoms with Gasteiger partial charge in [0.05, 0.1) is 12.1 Å². The molecular weight excluding hydrogens is 286 g/mol. The Balaban J connectivity index is 1.42. The summed E-state index contributed by atoms with van der Waals surface area (Å²) in [7, 11) is 0. The number of fused-ring (bicyclic) bond motifs is 1. The van der Waals surface area contributed by atoms with E-state index in [-0.39, 0.29) is 12.1 Å². The average molecular weight is 311 g/mol. The fourth-order valence-corrected chi connectivity index (χ4v) is 4.35. The van der Waals surface area contributed by atoms with Crippen molar-refractivity contribution in [3.63, 3.8) is 0 Å². The summed E-state index contributed by atoms with van der Waals surface area (Å²) in [5.41, 5.74) is 2.70. The van der Waals surface area contributed by atoms with Gasteiger partial charge in [0.15, 0.2) is 0 Å². The predicted octanol–water partition coefficient (Wildman–Crippen LogP) is 2.64. The predicted molar refractivity (Wildman–Crippen MR) is 89.9 cm³/mol. The van der Waals surface area contributed by atoms with E-state index in [4.69, 9.17) is 0 Å². The van der Waals surface area contributed by atoms with Crippen molar-refractivity contribution in [3.05, 3.63) is 53.9 Å². The molecule has 0 unspecified atom stereocenters. The third-order valence-electron chi connectivity index (χ3n) is 5.58. The topological polar surface area (TPSA) is 41.3 Å². The highest BCUT2D eigenvalue weighted by atomic mass is 16.3. The number of hydrogen-bond donors (Lipinski definition) is 1. The molecule has 0 amide bonds. The lowest BCUT2D eigenvalue weighted by Gasteiger charge is -2.35. The summed E-state index contributed by atoms with van der Waals surface area (Å²) < 4.78 is 1.95. The highest BCUT2D eigenvalue weighted by Gasteiger charge is 2.42. The normalized spacial score (nSPS) is 31.2. The largest absolute Gasteiger partial charge is 0.391 e. The van der Waals surface area contributed by atoms with Gasteiger partial charge in [0.1, 0.15) is 0 Å². The van der Waals surface area contributed by atoms with Crippen molar-refractivity contribution < 1.29 is 5.11 Å². The lowest BCUT2D eigenvalue weighted by molar-refractivity contribution is 0.0306. The third-order valence-corrected chi connectivity index (χ3v) is 5.58. The quantitative estimate of drug-likeness (QED) is 0.947. The van der Waals surface area contributed by atoms with Crippen LogP contribution in [-0.2, 0) is 6.54 Å². The van der Waals surface area contributed by atoms with Crippen LogP contribution in [0.2, 0.25) is 0 Å². The molecule has 0 radical (unpaired) electrons.